The zero-order valence-corrected chi connectivity index (χ0v) is 11.4. The third kappa shape index (κ3) is 1.78. The molecular weight excluding hydrogens is 222 g/mol. The second-order valence-corrected chi connectivity index (χ2v) is 5.85. The highest BCUT2D eigenvalue weighted by atomic mass is 15.1. The number of rotatable bonds is 3. The van der Waals surface area contributed by atoms with Gasteiger partial charge in [0.2, 0.25) is 0 Å². The zero-order valence-electron chi connectivity index (χ0n) is 11.4. The molecule has 3 rings (SSSR count). The Bertz CT molecular complexity index is 579. The number of nitrogen functional groups attached to an aromatic ring is 1. The van der Waals surface area contributed by atoms with Crippen molar-refractivity contribution in [1.82, 2.24) is 9.55 Å². The Balaban J connectivity index is 2.21. The molecule has 1 aliphatic rings. The summed E-state index contributed by atoms with van der Waals surface area (Å²) in [6.45, 7) is 6.82. The van der Waals surface area contributed by atoms with Crippen LogP contribution in [0.5, 0.6) is 0 Å². The van der Waals surface area contributed by atoms with Gasteiger partial charge in [-0.15, -0.1) is 0 Å². The molecule has 0 amide bonds. The van der Waals surface area contributed by atoms with Gasteiger partial charge in [-0.3, -0.25) is 0 Å². The number of imidazole rings is 1. The number of anilines is 1. The van der Waals surface area contributed by atoms with Crippen molar-refractivity contribution in [3.63, 3.8) is 0 Å². The van der Waals surface area contributed by atoms with Crippen molar-refractivity contribution in [3.8, 4) is 0 Å². The number of benzene rings is 1. The second-order valence-electron chi connectivity index (χ2n) is 5.85. The van der Waals surface area contributed by atoms with Crippen molar-refractivity contribution in [2.75, 3.05) is 5.73 Å². The molecule has 0 bridgehead atoms. The van der Waals surface area contributed by atoms with Crippen LogP contribution >= 0.6 is 0 Å². The Kier molecular flexibility index (Phi) is 2.58. The quantitative estimate of drug-likeness (QED) is 0.835. The Hall–Kier alpha value is -1.51. The number of nitrogens with zero attached hydrogens (tertiary/aromatic N) is 2. The smallest absolute Gasteiger partial charge is 0.113 e. The topological polar surface area (TPSA) is 43.8 Å². The van der Waals surface area contributed by atoms with Crippen LogP contribution in [0.2, 0.25) is 0 Å². The summed E-state index contributed by atoms with van der Waals surface area (Å²) in [5.74, 6) is 2.54. The molecular formula is C15H21N3. The maximum atomic E-state index is 5.86. The lowest BCUT2D eigenvalue weighted by Crippen LogP contribution is -2.14. The van der Waals surface area contributed by atoms with Crippen LogP contribution in [0.4, 0.5) is 5.69 Å². The van der Waals surface area contributed by atoms with Crippen LogP contribution in [-0.4, -0.2) is 9.55 Å². The van der Waals surface area contributed by atoms with Gasteiger partial charge in [-0.05, 0) is 43.9 Å². The fraction of sp³-hybridized carbons (Fsp3) is 0.533. The van der Waals surface area contributed by atoms with Crippen LogP contribution in [0.15, 0.2) is 18.2 Å². The Morgan fingerprint density at radius 1 is 1.28 bits per heavy atom. The lowest BCUT2D eigenvalue weighted by Gasteiger charge is -2.21. The molecule has 3 heteroatoms. The first-order chi connectivity index (χ1) is 8.58. The first-order valence-corrected chi connectivity index (χ1v) is 6.85. The van der Waals surface area contributed by atoms with E-state index < -0.39 is 0 Å². The van der Waals surface area contributed by atoms with E-state index in [4.69, 9.17) is 10.7 Å². The molecule has 1 aromatic heterocycles. The minimum Gasteiger partial charge on any atom is -0.399 e. The van der Waals surface area contributed by atoms with E-state index in [0.717, 1.165) is 11.2 Å². The van der Waals surface area contributed by atoms with Crippen LogP contribution in [0.3, 0.4) is 0 Å². The fourth-order valence-electron chi connectivity index (χ4n) is 2.49. The highest BCUT2D eigenvalue weighted by Crippen LogP contribution is 2.42. The third-order valence-corrected chi connectivity index (χ3v) is 4.06. The van der Waals surface area contributed by atoms with Crippen molar-refractivity contribution >= 4 is 16.7 Å². The summed E-state index contributed by atoms with van der Waals surface area (Å²) in [5, 5.41) is 0. The second kappa shape index (κ2) is 4.01. The average Bonchev–Trinajstić information content (AvgIpc) is 3.09. The Morgan fingerprint density at radius 3 is 2.61 bits per heavy atom. The summed E-state index contributed by atoms with van der Waals surface area (Å²) in [4.78, 5) is 4.82. The van der Waals surface area contributed by atoms with E-state index in [-0.39, 0.29) is 0 Å². The van der Waals surface area contributed by atoms with E-state index in [2.05, 4.69) is 31.4 Å². The molecule has 1 aliphatic carbocycles. The number of hydrogen-bond donors (Lipinski definition) is 1. The zero-order chi connectivity index (χ0) is 12.9. The van der Waals surface area contributed by atoms with E-state index in [0.29, 0.717) is 17.9 Å². The van der Waals surface area contributed by atoms with Gasteiger partial charge >= 0.3 is 0 Å². The van der Waals surface area contributed by atoms with Crippen LogP contribution in [0.25, 0.3) is 11.0 Å². The molecule has 0 spiro atoms. The molecule has 1 aromatic carbocycles. The van der Waals surface area contributed by atoms with Crippen LogP contribution in [-0.2, 0) is 0 Å². The molecule has 18 heavy (non-hydrogen) atoms. The van der Waals surface area contributed by atoms with Crippen LogP contribution < -0.4 is 5.73 Å². The largest absolute Gasteiger partial charge is 0.399 e. The molecule has 2 aromatic rings. The lowest BCUT2D eigenvalue weighted by atomic mass is 10.1. The van der Waals surface area contributed by atoms with Gasteiger partial charge in [0.1, 0.15) is 5.82 Å². The first-order valence-electron chi connectivity index (χ1n) is 6.85. The lowest BCUT2D eigenvalue weighted by molar-refractivity contribution is 0.406. The van der Waals surface area contributed by atoms with Crippen molar-refractivity contribution in [1.29, 1.82) is 0 Å². The van der Waals surface area contributed by atoms with Gasteiger partial charge in [0.15, 0.2) is 0 Å². The molecule has 1 atom stereocenters. The van der Waals surface area contributed by atoms with Gasteiger partial charge in [-0.1, -0.05) is 13.8 Å². The van der Waals surface area contributed by atoms with Gasteiger partial charge in [0.05, 0.1) is 11.0 Å². The molecule has 0 aliphatic heterocycles. The molecule has 96 valence electrons. The highest BCUT2D eigenvalue weighted by Gasteiger charge is 2.31. The van der Waals surface area contributed by atoms with Crippen molar-refractivity contribution in [2.45, 2.75) is 45.6 Å². The highest BCUT2D eigenvalue weighted by molar-refractivity contribution is 5.80. The van der Waals surface area contributed by atoms with Crippen molar-refractivity contribution < 1.29 is 0 Å². The van der Waals surface area contributed by atoms with Crippen molar-refractivity contribution in [3.05, 3.63) is 24.0 Å². The minimum atomic E-state index is 0.481. The summed E-state index contributed by atoms with van der Waals surface area (Å²) in [7, 11) is 0. The predicted molar refractivity (Wildman–Crippen MR) is 75.7 cm³/mol. The normalized spacial score (nSPS) is 17.6. The molecule has 0 radical (unpaired) electrons. The van der Waals surface area contributed by atoms with Gasteiger partial charge in [0, 0.05) is 17.6 Å². The Labute approximate surface area is 108 Å². The summed E-state index contributed by atoms with van der Waals surface area (Å²) in [5.41, 5.74) is 8.93. The van der Waals surface area contributed by atoms with E-state index in [1.807, 2.05) is 12.1 Å². The molecule has 1 fully saturated rings. The molecule has 1 unspecified atom stereocenters. The molecule has 2 N–H and O–H groups in total. The molecule has 1 heterocycles. The fourth-order valence-corrected chi connectivity index (χ4v) is 2.49. The maximum absolute atomic E-state index is 5.86. The molecule has 1 saturated carbocycles. The summed E-state index contributed by atoms with van der Waals surface area (Å²) < 4.78 is 2.43. The van der Waals surface area contributed by atoms with Gasteiger partial charge in [-0.2, -0.15) is 0 Å². The van der Waals surface area contributed by atoms with Gasteiger partial charge in [0.25, 0.3) is 0 Å². The summed E-state index contributed by atoms with van der Waals surface area (Å²) in [6, 6.07) is 6.56. The van der Waals surface area contributed by atoms with E-state index >= 15 is 0 Å². The maximum Gasteiger partial charge on any atom is 0.113 e. The SMILES string of the molecule is CC(C)C(C)n1c(C2CC2)nc2cc(N)ccc21. The minimum absolute atomic E-state index is 0.481. The molecule has 3 nitrogen and oxygen atoms in total. The summed E-state index contributed by atoms with van der Waals surface area (Å²) >= 11 is 0. The Morgan fingerprint density at radius 2 is 2.00 bits per heavy atom. The van der Waals surface area contributed by atoms with E-state index in [1.54, 1.807) is 0 Å². The number of hydrogen-bond acceptors (Lipinski definition) is 2. The monoisotopic (exact) mass is 243 g/mol. The van der Waals surface area contributed by atoms with Crippen molar-refractivity contribution in [2.24, 2.45) is 5.92 Å². The number of nitrogens with two attached hydrogens (primary N) is 1. The van der Waals surface area contributed by atoms with E-state index in [9.17, 15) is 0 Å². The van der Waals surface area contributed by atoms with E-state index in [1.165, 1.54) is 24.2 Å². The standard InChI is InChI=1S/C15H21N3/c1-9(2)10(3)18-14-7-6-12(16)8-13(14)17-15(18)11-4-5-11/h6-11H,4-5,16H2,1-3H3. The van der Waals surface area contributed by atoms with Gasteiger partial charge < -0.3 is 10.3 Å². The van der Waals surface area contributed by atoms with Gasteiger partial charge in [-0.25, -0.2) is 4.98 Å². The third-order valence-electron chi connectivity index (χ3n) is 4.06. The number of fused-ring (bicyclic) bond motifs is 1. The predicted octanol–water partition coefficient (Wildman–Crippen LogP) is 3.71. The van der Waals surface area contributed by atoms with Crippen LogP contribution in [0.1, 0.15) is 51.4 Å². The average molecular weight is 243 g/mol. The number of aromatic nitrogens is 2. The van der Waals surface area contributed by atoms with Crippen LogP contribution in [0, 0.1) is 5.92 Å². The summed E-state index contributed by atoms with van der Waals surface area (Å²) in [6.07, 6.45) is 2.56. The molecule has 0 saturated heterocycles. The first kappa shape index (κ1) is 11.6.